The summed E-state index contributed by atoms with van der Waals surface area (Å²) in [7, 11) is 0. The Morgan fingerprint density at radius 1 is 1.20 bits per heavy atom. The van der Waals surface area contributed by atoms with Gasteiger partial charge in [0.15, 0.2) is 0 Å². The molecule has 1 aromatic carbocycles. The normalized spacial score (nSPS) is 10.3. The summed E-state index contributed by atoms with van der Waals surface area (Å²) in [5.74, 6) is 0. The van der Waals surface area contributed by atoms with Gasteiger partial charge in [0.05, 0.1) is 29.6 Å². The molecule has 0 saturated heterocycles. The molecule has 0 heterocycles. The van der Waals surface area contributed by atoms with Gasteiger partial charge < -0.3 is 20.8 Å². The van der Waals surface area contributed by atoms with E-state index in [1.807, 2.05) is 6.07 Å². The third-order valence-corrected chi connectivity index (χ3v) is 2.50. The van der Waals surface area contributed by atoms with Crippen molar-refractivity contribution in [1.29, 1.82) is 0 Å². The molecule has 0 aliphatic rings. The van der Waals surface area contributed by atoms with E-state index in [-0.39, 0.29) is 13.2 Å². The Bertz CT molecular complexity index is 314. The molecule has 1 aromatic rings. The maximum Gasteiger partial charge on any atom is 0.0868 e. The zero-order chi connectivity index (χ0) is 11.3. The zero-order valence-electron chi connectivity index (χ0n) is 8.36. The van der Waals surface area contributed by atoms with Gasteiger partial charge in [-0.2, -0.15) is 0 Å². The maximum atomic E-state index is 8.89. The average molecular weight is 231 g/mol. The van der Waals surface area contributed by atoms with Crippen LogP contribution < -0.4 is 10.6 Å². The first-order valence-corrected chi connectivity index (χ1v) is 5.09. The molecule has 4 nitrogen and oxygen atoms in total. The van der Waals surface area contributed by atoms with E-state index in [1.54, 1.807) is 17.0 Å². The van der Waals surface area contributed by atoms with Crippen LogP contribution in [-0.2, 0) is 0 Å². The van der Waals surface area contributed by atoms with Crippen LogP contribution in [-0.4, -0.2) is 36.5 Å². The smallest absolute Gasteiger partial charge is 0.0868 e. The van der Waals surface area contributed by atoms with Crippen LogP contribution in [0.15, 0.2) is 18.2 Å². The number of nitrogens with two attached hydrogens (primary N) is 1. The first-order chi connectivity index (χ1) is 7.20. The standard InChI is InChI=1S/C10H15ClN2O2/c11-10-8(12)2-1-3-9(10)13(4-6-14)5-7-15/h1-3,14-15H,4-7,12H2. The molecule has 0 atom stereocenters. The van der Waals surface area contributed by atoms with E-state index < -0.39 is 0 Å². The minimum Gasteiger partial charge on any atom is -0.397 e. The molecule has 0 aliphatic carbocycles. The van der Waals surface area contributed by atoms with Crippen LogP contribution >= 0.6 is 11.6 Å². The topological polar surface area (TPSA) is 69.7 Å². The Morgan fingerprint density at radius 3 is 2.33 bits per heavy atom. The van der Waals surface area contributed by atoms with E-state index in [2.05, 4.69) is 0 Å². The first-order valence-electron chi connectivity index (χ1n) is 4.71. The van der Waals surface area contributed by atoms with Crippen molar-refractivity contribution in [1.82, 2.24) is 0 Å². The lowest BCUT2D eigenvalue weighted by molar-refractivity contribution is 0.281. The van der Waals surface area contributed by atoms with E-state index in [1.165, 1.54) is 0 Å². The van der Waals surface area contributed by atoms with Crippen LogP contribution in [0.1, 0.15) is 0 Å². The number of halogens is 1. The molecule has 0 unspecified atom stereocenters. The summed E-state index contributed by atoms with van der Waals surface area (Å²) in [4.78, 5) is 1.79. The van der Waals surface area contributed by atoms with E-state index >= 15 is 0 Å². The average Bonchev–Trinajstić information content (AvgIpc) is 2.22. The molecule has 4 N–H and O–H groups in total. The fourth-order valence-corrected chi connectivity index (χ4v) is 1.62. The molecule has 0 amide bonds. The fraction of sp³-hybridized carbons (Fsp3) is 0.400. The van der Waals surface area contributed by atoms with Gasteiger partial charge in [0.25, 0.3) is 0 Å². The van der Waals surface area contributed by atoms with Gasteiger partial charge in [0.2, 0.25) is 0 Å². The largest absolute Gasteiger partial charge is 0.397 e. The third kappa shape index (κ3) is 2.99. The number of nitrogens with zero attached hydrogens (tertiary/aromatic N) is 1. The summed E-state index contributed by atoms with van der Waals surface area (Å²) in [5, 5.41) is 18.2. The highest BCUT2D eigenvalue weighted by atomic mass is 35.5. The van der Waals surface area contributed by atoms with Crippen LogP contribution in [0.3, 0.4) is 0 Å². The minimum atomic E-state index is 0.00509. The molecule has 0 bridgehead atoms. The molecule has 0 aliphatic heterocycles. The Labute approximate surface area is 93.9 Å². The highest BCUT2D eigenvalue weighted by Crippen LogP contribution is 2.30. The summed E-state index contributed by atoms with van der Waals surface area (Å²) in [6.45, 7) is 0.851. The van der Waals surface area contributed by atoms with Gasteiger partial charge in [-0.25, -0.2) is 0 Å². The lowest BCUT2D eigenvalue weighted by atomic mass is 10.2. The van der Waals surface area contributed by atoms with E-state index in [0.29, 0.717) is 23.8 Å². The van der Waals surface area contributed by atoms with Crippen molar-refractivity contribution >= 4 is 23.0 Å². The lowest BCUT2D eigenvalue weighted by Crippen LogP contribution is -2.29. The van der Waals surface area contributed by atoms with E-state index in [9.17, 15) is 0 Å². The quantitative estimate of drug-likeness (QED) is 0.652. The number of aliphatic hydroxyl groups excluding tert-OH is 2. The second-order valence-electron chi connectivity index (χ2n) is 3.11. The molecule has 0 fully saturated rings. The summed E-state index contributed by atoms with van der Waals surface area (Å²) >= 11 is 6.03. The predicted molar refractivity (Wildman–Crippen MR) is 62.2 cm³/mol. The second-order valence-corrected chi connectivity index (χ2v) is 3.49. The van der Waals surface area contributed by atoms with Gasteiger partial charge in [-0.05, 0) is 12.1 Å². The summed E-state index contributed by atoms with van der Waals surface area (Å²) < 4.78 is 0. The Morgan fingerprint density at radius 2 is 1.80 bits per heavy atom. The Hall–Kier alpha value is -0.970. The molecule has 0 spiro atoms. The number of benzene rings is 1. The maximum absolute atomic E-state index is 8.89. The molecular weight excluding hydrogens is 216 g/mol. The van der Waals surface area contributed by atoms with Gasteiger partial charge in [-0.15, -0.1) is 0 Å². The molecule has 84 valence electrons. The summed E-state index contributed by atoms with van der Waals surface area (Å²) in [6.07, 6.45) is 0. The van der Waals surface area contributed by atoms with Crippen LogP contribution in [0.25, 0.3) is 0 Å². The van der Waals surface area contributed by atoms with Crippen molar-refractivity contribution in [3.63, 3.8) is 0 Å². The second kappa shape index (κ2) is 5.80. The number of anilines is 2. The van der Waals surface area contributed by atoms with Gasteiger partial charge in [0.1, 0.15) is 0 Å². The van der Waals surface area contributed by atoms with Crippen molar-refractivity contribution < 1.29 is 10.2 Å². The van der Waals surface area contributed by atoms with Crippen molar-refractivity contribution in [2.75, 3.05) is 36.9 Å². The predicted octanol–water partition coefficient (Wildman–Crippen LogP) is 0.713. The zero-order valence-corrected chi connectivity index (χ0v) is 9.11. The molecule has 0 radical (unpaired) electrons. The third-order valence-electron chi connectivity index (χ3n) is 2.09. The number of hydrogen-bond acceptors (Lipinski definition) is 4. The van der Waals surface area contributed by atoms with Crippen molar-refractivity contribution in [3.05, 3.63) is 23.2 Å². The van der Waals surface area contributed by atoms with Crippen LogP contribution in [0.2, 0.25) is 5.02 Å². The first kappa shape index (κ1) is 12.1. The van der Waals surface area contributed by atoms with Gasteiger partial charge in [-0.3, -0.25) is 0 Å². The minimum absolute atomic E-state index is 0.00509. The number of rotatable bonds is 5. The summed E-state index contributed by atoms with van der Waals surface area (Å²) in [5.41, 5.74) is 6.90. The van der Waals surface area contributed by atoms with Gasteiger partial charge in [-0.1, -0.05) is 17.7 Å². The van der Waals surface area contributed by atoms with Gasteiger partial charge >= 0.3 is 0 Å². The molecule has 5 heteroatoms. The van der Waals surface area contributed by atoms with Crippen LogP contribution in [0, 0.1) is 0 Å². The highest BCUT2D eigenvalue weighted by Gasteiger charge is 2.10. The van der Waals surface area contributed by atoms with Gasteiger partial charge in [0, 0.05) is 13.1 Å². The van der Waals surface area contributed by atoms with Crippen molar-refractivity contribution in [2.24, 2.45) is 0 Å². The molecule has 15 heavy (non-hydrogen) atoms. The highest BCUT2D eigenvalue weighted by molar-refractivity contribution is 6.35. The number of nitrogen functional groups attached to an aromatic ring is 1. The molecule has 0 aromatic heterocycles. The number of aliphatic hydroxyl groups is 2. The fourth-order valence-electron chi connectivity index (χ4n) is 1.38. The van der Waals surface area contributed by atoms with Crippen LogP contribution in [0.4, 0.5) is 11.4 Å². The molecule has 1 rings (SSSR count). The Kier molecular flexibility index (Phi) is 4.68. The molecular formula is C10H15ClN2O2. The molecule has 0 saturated carbocycles. The summed E-state index contributed by atoms with van der Waals surface area (Å²) in [6, 6.07) is 5.31. The van der Waals surface area contributed by atoms with Crippen molar-refractivity contribution in [3.8, 4) is 0 Å². The SMILES string of the molecule is Nc1cccc(N(CCO)CCO)c1Cl. The number of hydrogen-bond donors (Lipinski definition) is 3. The van der Waals surface area contributed by atoms with E-state index in [0.717, 1.165) is 5.69 Å². The van der Waals surface area contributed by atoms with E-state index in [4.69, 9.17) is 27.5 Å². The van der Waals surface area contributed by atoms with Crippen molar-refractivity contribution in [2.45, 2.75) is 0 Å². The van der Waals surface area contributed by atoms with Crippen LogP contribution in [0.5, 0.6) is 0 Å². The Balaban J connectivity index is 2.94. The monoisotopic (exact) mass is 230 g/mol. The lowest BCUT2D eigenvalue weighted by Gasteiger charge is -2.24.